The Labute approximate surface area is 178 Å². The first-order valence-corrected chi connectivity index (χ1v) is 12.5. The average Bonchev–Trinajstić information content (AvgIpc) is 2.65. The molecule has 6 heteroatoms. The summed E-state index contributed by atoms with van der Waals surface area (Å²) in [5.74, 6) is 0. The van der Waals surface area contributed by atoms with Gasteiger partial charge in [-0.3, -0.25) is 0 Å². The highest BCUT2D eigenvalue weighted by Crippen LogP contribution is 2.13. The van der Waals surface area contributed by atoms with Crippen molar-refractivity contribution in [2.75, 3.05) is 26.1 Å². The van der Waals surface area contributed by atoms with Crippen molar-refractivity contribution in [3.05, 3.63) is 29.8 Å². The molecule has 0 saturated heterocycles. The van der Waals surface area contributed by atoms with E-state index >= 15 is 0 Å². The van der Waals surface area contributed by atoms with Crippen molar-refractivity contribution in [3.8, 4) is 0 Å². The molecule has 0 radical (unpaired) electrons. The predicted molar refractivity (Wildman–Crippen MR) is 119 cm³/mol. The van der Waals surface area contributed by atoms with Crippen LogP contribution in [0.3, 0.4) is 0 Å². The molecule has 0 aliphatic heterocycles. The zero-order valence-corrected chi connectivity index (χ0v) is 19.8. The van der Waals surface area contributed by atoms with Crippen LogP contribution >= 0.6 is 11.6 Å². The Morgan fingerprint density at radius 1 is 0.857 bits per heavy atom. The number of alkyl halides is 1. The molecule has 0 aromatic heterocycles. The second-order valence-corrected chi connectivity index (χ2v) is 9.55. The summed E-state index contributed by atoms with van der Waals surface area (Å²) in [6.45, 7) is 8.88. The van der Waals surface area contributed by atoms with Crippen molar-refractivity contribution in [3.63, 3.8) is 0 Å². The van der Waals surface area contributed by atoms with Crippen LogP contribution in [0.15, 0.2) is 29.2 Å². The molecule has 0 N–H and O–H groups in total. The molecule has 0 spiro atoms. The van der Waals surface area contributed by atoms with Crippen LogP contribution < -0.4 is 0 Å². The van der Waals surface area contributed by atoms with E-state index in [0.717, 1.165) is 16.1 Å². The molecule has 0 saturated carbocycles. The largest absolute Gasteiger partial charge is 0.744 e. The molecule has 0 bridgehead atoms. The van der Waals surface area contributed by atoms with E-state index in [1.807, 2.05) is 6.92 Å². The lowest BCUT2D eigenvalue weighted by atomic mass is 10.1. The molecule has 4 nitrogen and oxygen atoms in total. The van der Waals surface area contributed by atoms with Crippen LogP contribution in [0, 0.1) is 6.92 Å². The summed E-state index contributed by atoms with van der Waals surface area (Å²) >= 11 is 6.13. The summed E-state index contributed by atoms with van der Waals surface area (Å²) in [4.78, 5) is -0.178. The van der Waals surface area contributed by atoms with Gasteiger partial charge in [-0.2, -0.15) is 0 Å². The Hall–Kier alpha value is -0.620. The summed E-state index contributed by atoms with van der Waals surface area (Å²) < 4.78 is 32.2. The molecule has 0 fully saturated rings. The average molecular weight is 434 g/mol. The van der Waals surface area contributed by atoms with Gasteiger partial charge in [0.2, 0.25) is 0 Å². The van der Waals surface area contributed by atoms with E-state index in [2.05, 4.69) is 20.9 Å². The van der Waals surface area contributed by atoms with Gasteiger partial charge in [-0.15, -0.1) is 0 Å². The Morgan fingerprint density at radius 3 is 1.68 bits per heavy atom. The summed E-state index contributed by atoms with van der Waals surface area (Å²) in [5.41, 5.74) is 0.928. The number of unbranched alkanes of at least 4 members (excludes halogenated alkanes) is 7. The number of halogens is 1. The third kappa shape index (κ3) is 13.5. The number of hydrogen-bond acceptors (Lipinski definition) is 3. The predicted octanol–water partition coefficient (Wildman–Crippen LogP) is 6.08. The molecule has 1 aromatic carbocycles. The number of rotatable bonds is 13. The van der Waals surface area contributed by atoms with Crippen LogP contribution in [0.25, 0.3) is 0 Å². The summed E-state index contributed by atoms with van der Waals surface area (Å²) in [5, 5.41) is 0. The van der Waals surface area contributed by atoms with Crippen LogP contribution in [0.1, 0.15) is 77.2 Å². The molecular weight excluding hydrogens is 394 g/mol. The smallest absolute Gasteiger partial charge is 0.154 e. The van der Waals surface area contributed by atoms with Gasteiger partial charge in [0, 0.05) is 0 Å². The maximum absolute atomic E-state index is 10.4. The second kappa shape index (κ2) is 15.3. The first kappa shape index (κ1) is 27.4. The monoisotopic (exact) mass is 433 g/mol. The molecular formula is C22H40ClNO3S. The van der Waals surface area contributed by atoms with Gasteiger partial charge in [0.05, 0.1) is 25.0 Å². The van der Waals surface area contributed by atoms with Gasteiger partial charge < -0.3 is 9.04 Å². The Morgan fingerprint density at radius 2 is 1.29 bits per heavy atom. The van der Waals surface area contributed by atoms with Crippen LogP contribution in [-0.2, 0) is 10.1 Å². The Balaban J connectivity index is 0.000000567. The number of aryl methyl sites for hydroxylation is 1. The normalized spacial score (nSPS) is 13.5. The number of hydrogen-bond donors (Lipinski definition) is 0. The van der Waals surface area contributed by atoms with Crippen LogP contribution in [0.5, 0.6) is 0 Å². The lowest BCUT2D eigenvalue weighted by molar-refractivity contribution is -0.899. The lowest BCUT2D eigenvalue weighted by Gasteiger charge is -2.32. The van der Waals surface area contributed by atoms with E-state index in [4.69, 9.17) is 11.6 Å². The first-order valence-electron chi connectivity index (χ1n) is 10.6. The minimum absolute atomic E-state index is 0.178. The highest BCUT2D eigenvalue weighted by atomic mass is 35.5. The second-order valence-electron chi connectivity index (χ2n) is 7.93. The molecule has 164 valence electrons. The van der Waals surface area contributed by atoms with Gasteiger partial charge >= 0.3 is 0 Å². The molecule has 0 heterocycles. The van der Waals surface area contributed by atoms with Crippen molar-refractivity contribution < 1.29 is 17.5 Å². The third-order valence-electron chi connectivity index (χ3n) is 4.95. The zero-order chi connectivity index (χ0) is 21.5. The van der Waals surface area contributed by atoms with Crippen LogP contribution in [0.2, 0.25) is 0 Å². The fraction of sp³-hybridized carbons (Fsp3) is 0.727. The lowest BCUT2D eigenvalue weighted by Crippen LogP contribution is -2.44. The fourth-order valence-corrected chi connectivity index (χ4v) is 3.66. The van der Waals surface area contributed by atoms with Crippen molar-refractivity contribution >= 4 is 21.7 Å². The molecule has 1 aromatic rings. The number of quaternary nitrogens is 1. The van der Waals surface area contributed by atoms with Gasteiger partial charge in [-0.25, -0.2) is 8.42 Å². The van der Waals surface area contributed by atoms with Gasteiger partial charge in [-0.1, -0.05) is 75.2 Å². The zero-order valence-electron chi connectivity index (χ0n) is 18.3. The van der Waals surface area contributed by atoms with Gasteiger partial charge in [0.15, 0.2) is 6.00 Å². The SMILES string of the molecule is CCCCCCC[N+](C)(CCl)CCCCCC.Cc1ccc(S(=O)(=O)[O-])cc1. The fourth-order valence-electron chi connectivity index (χ4n) is 2.95. The molecule has 0 amide bonds. The van der Waals surface area contributed by atoms with E-state index in [1.165, 1.54) is 83.0 Å². The molecule has 1 atom stereocenters. The van der Waals surface area contributed by atoms with E-state index in [0.29, 0.717) is 0 Å². The van der Waals surface area contributed by atoms with E-state index in [9.17, 15) is 13.0 Å². The Kier molecular flexibility index (Phi) is 14.9. The van der Waals surface area contributed by atoms with E-state index in [-0.39, 0.29) is 4.90 Å². The maximum atomic E-state index is 10.4. The molecule has 1 rings (SSSR count). The van der Waals surface area contributed by atoms with E-state index in [1.54, 1.807) is 12.1 Å². The number of nitrogens with zero attached hydrogens (tertiary/aromatic N) is 1. The molecule has 0 aliphatic carbocycles. The summed E-state index contributed by atoms with van der Waals surface area (Å²) in [6, 6.07) is 6.56. The van der Waals surface area contributed by atoms with Crippen LogP contribution in [-0.4, -0.2) is 43.6 Å². The van der Waals surface area contributed by atoms with Gasteiger partial charge in [0.1, 0.15) is 10.1 Å². The van der Waals surface area contributed by atoms with Crippen molar-refractivity contribution in [1.29, 1.82) is 0 Å². The molecule has 0 aliphatic rings. The minimum Gasteiger partial charge on any atom is -0.744 e. The quantitative estimate of drug-likeness (QED) is 0.124. The first-order chi connectivity index (χ1) is 13.2. The van der Waals surface area contributed by atoms with Crippen molar-refractivity contribution in [1.82, 2.24) is 0 Å². The standard InChI is InChI=1S/C15H33ClN.C7H8O3S/c1-4-6-8-10-12-14-17(3,15-16)13-11-9-7-5-2;1-6-2-4-7(5-3-6)11(8,9)10/h4-15H2,1-3H3;2-5H,1H3,(H,8,9,10)/q+1;/p-1. The highest BCUT2D eigenvalue weighted by molar-refractivity contribution is 7.85. The summed E-state index contributed by atoms with van der Waals surface area (Å²) in [6.07, 6.45) is 12.3. The Bertz CT molecular complexity index is 605. The molecule has 1 unspecified atom stereocenters. The third-order valence-corrected chi connectivity index (χ3v) is 6.38. The topological polar surface area (TPSA) is 57.2 Å². The maximum Gasteiger partial charge on any atom is 0.154 e. The van der Waals surface area contributed by atoms with Crippen molar-refractivity contribution in [2.24, 2.45) is 0 Å². The highest BCUT2D eigenvalue weighted by Gasteiger charge is 2.18. The molecule has 28 heavy (non-hydrogen) atoms. The van der Waals surface area contributed by atoms with Crippen LogP contribution in [0.4, 0.5) is 0 Å². The summed E-state index contributed by atoms with van der Waals surface area (Å²) in [7, 11) is -1.95. The minimum atomic E-state index is -4.27. The van der Waals surface area contributed by atoms with Gasteiger partial charge in [-0.05, 0) is 44.7 Å². The van der Waals surface area contributed by atoms with E-state index < -0.39 is 10.1 Å². The van der Waals surface area contributed by atoms with Crippen molar-refractivity contribution in [2.45, 2.75) is 83.5 Å². The number of benzene rings is 1. The van der Waals surface area contributed by atoms with Gasteiger partial charge in [0.25, 0.3) is 0 Å².